The third-order valence-corrected chi connectivity index (χ3v) is 15.2. The number of aromatic nitrogens is 6. The van der Waals surface area contributed by atoms with Gasteiger partial charge in [0.05, 0.1) is 28.8 Å². The van der Waals surface area contributed by atoms with Gasteiger partial charge < -0.3 is 9.29 Å². The smallest absolute Gasteiger partial charge is 0.506 e. The van der Waals surface area contributed by atoms with E-state index in [1.54, 1.807) is 6.07 Å². The highest BCUT2D eigenvalue weighted by Gasteiger charge is 2.50. The lowest BCUT2D eigenvalue weighted by Gasteiger charge is -2.20. The van der Waals surface area contributed by atoms with Crippen LogP contribution in [-0.4, -0.2) is 79.3 Å². The Hall–Kier alpha value is -4.60. The second kappa shape index (κ2) is 22.9. The Balaban J connectivity index is 0.000000226. The van der Waals surface area contributed by atoms with Gasteiger partial charge in [0.25, 0.3) is 32.4 Å². The number of halogens is 13. The van der Waals surface area contributed by atoms with Crippen LogP contribution in [0, 0.1) is 32.6 Å². The fourth-order valence-electron chi connectivity index (χ4n) is 7.07. The molecule has 0 amide bonds. The van der Waals surface area contributed by atoms with Gasteiger partial charge in [0.2, 0.25) is 0 Å². The van der Waals surface area contributed by atoms with Gasteiger partial charge in [-0.25, -0.2) is 27.5 Å². The van der Waals surface area contributed by atoms with E-state index >= 15 is 0 Å². The topological polar surface area (TPSA) is 273 Å². The van der Waals surface area contributed by atoms with Crippen LogP contribution in [-0.2, 0) is 48.1 Å². The van der Waals surface area contributed by atoms with E-state index in [9.17, 15) is 94.3 Å². The maximum atomic E-state index is 14.9. The van der Waals surface area contributed by atoms with Crippen molar-refractivity contribution in [2.45, 2.75) is 66.9 Å². The molecule has 2 aliphatic rings. The molecule has 6 aromatic rings. The van der Waals surface area contributed by atoms with Gasteiger partial charge >= 0.3 is 42.6 Å². The highest BCUT2D eigenvalue weighted by atomic mass is 127. The van der Waals surface area contributed by atoms with Crippen molar-refractivity contribution in [3.05, 3.63) is 129 Å². The zero-order valence-corrected chi connectivity index (χ0v) is 48.0. The van der Waals surface area contributed by atoms with Crippen molar-refractivity contribution < 1.29 is 73.3 Å². The van der Waals surface area contributed by atoms with Gasteiger partial charge in [0, 0.05) is 33.3 Å². The van der Waals surface area contributed by atoms with Crippen LogP contribution >= 0.6 is 80.0 Å². The molecule has 2 fully saturated rings. The number of aryl methyl sites for hydroxylation is 2. The Morgan fingerprint density at radius 3 is 1.30 bits per heavy atom. The Kier molecular flexibility index (Phi) is 18.8. The molecule has 1 N–H and O–H groups in total. The quantitative estimate of drug-likeness (QED) is 0.0583. The first kappa shape index (κ1) is 63.2. The molecular weight excluding hydrogens is 1410 g/mol. The lowest BCUT2D eigenvalue weighted by atomic mass is 10.2. The number of nitrogens with zero attached hydrogens (tertiary/aromatic N) is 6. The van der Waals surface area contributed by atoms with Crippen LogP contribution in [0.4, 0.5) is 35.1 Å². The second-order valence-corrected chi connectivity index (χ2v) is 25.5. The van der Waals surface area contributed by atoms with Crippen LogP contribution in [0.15, 0.2) is 65.2 Å². The molecule has 2 aliphatic carbocycles. The second-order valence-electron chi connectivity index (χ2n) is 16.2. The minimum atomic E-state index is -6.29. The van der Waals surface area contributed by atoms with E-state index in [-0.39, 0.29) is 34.6 Å². The number of hydrogen-bond donors (Lipinski definition) is 1. The summed E-state index contributed by atoms with van der Waals surface area (Å²) in [6.07, 6.45) is 2.27. The van der Waals surface area contributed by atoms with E-state index in [4.69, 9.17) is 34.8 Å². The summed E-state index contributed by atoms with van der Waals surface area (Å²) >= 11 is 18.2. The van der Waals surface area contributed by atoms with Gasteiger partial charge in [-0.1, -0.05) is 34.8 Å². The Bertz CT molecular complexity index is 4140. The maximum absolute atomic E-state index is 14.9. The Morgan fingerprint density at radius 1 is 0.623 bits per heavy atom. The molecule has 0 unspecified atom stereocenters. The summed E-state index contributed by atoms with van der Waals surface area (Å²) in [5.74, 6) is -3.24. The summed E-state index contributed by atoms with van der Waals surface area (Å²) < 4.78 is 179. The van der Waals surface area contributed by atoms with E-state index < -0.39 is 131 Å². The van der Waals surface area contributed by atoms with Gasteiger partial charge in [-0.2, -0.15) is 51.6 Å². The predicted octanol–water partition coefficient (Wildman–Crippen LogP) is 6.21. The first-order valence-corrected chi connectivity index (χ1v) is 28.8. The van der Waals surface area contributed by atoms with Gasteiger partial charge in [0.1, 0.15) is 39.5 Å². The zero-order chi connectivity index (χ0) is 58.7. The summed E-state index contributed by atoms with van der Waals surface area (Å²) in [5.41, 5.74) is -18.6. The van der Waals surface area contributed by atoms with Crippen molar-refractivity contribution in [3.63, 3.8) is 0 Å². The average Bonchev–Trinajstić information content (AvgIpc) is 4.22. The van der Waals surface area contributed by atoms with Crippen LogP contribution in [0.1, 0.15) is 48.9 Å². The largest absolute Gasteiger partial charge is 0.534 e. The molecule has 0 saturated heterocycles. The van der Waals surface area contributed by atoms with E-state index in [0.717, 1.165) is 38.3 Å². The minimum absolute atomic E-state index is 0.00210. The zero-order valence-electron chi connectivity index (χ0n) is 39.0. The van der Waals surface area contributed by atoms with Gasteiger partial charge in [-0.3, -0.25) is 37.4 Å². The Morgan fingerprint density at radius 2 is 0.974 bits per heavy atom. The van der Waals surface area contributed by atoms with E-state index in [2.05, 4.69) is 7.81 Å². The molecule has 0 atom stereocenters. The van der Waals surface area contributed by atoms with Crippen molar-refractivity contribution in [2.75, 3.05) is 6.26 Å². The van der Waals surface area contributed by atoms with Crippen LogP contribution in [0.25, 0.3) is 33.4 Å². The molecule has 0 radical (unpaired) electrons. The molecule has 0 bridgehead atoms. The van der Waals surface area contributed by atoms with Crippen molar-refractivity contribution in [3.8, 4) is 22.9 Å². The summed E-state index contributed by atoms with van der Waals surface area (Å²) in [6, 6.07) is 7.07. The highest BCUT2D eigenvalue weighted by molar-refractivity contribution is 14.1. The number of hydrogen-bond acceptors (Lipinski definition) is 15. The molecule has 2 saturated carbocycles. The number of rotatable bonds is 8. The number of benzene rings is 2. The van der Waals surface area contributed by atoms with E-state index in [1.807, 2.05) is 45.2 Å². The average molecular weight is 1450 g/mol. The van der Waals surface area contributed by atoms with Crippen molar-refractivity contribution >= 4 is 132 Å². The fraction of sp³-hybridized carbons (Fsp3) is 0.350. The Labute approximate surface area is 468 Å². The van der Waals surface area contributed by atoms with Crippen molar-refractivity contribution in [1.82, 2.24) is 27.4 Å². The van der Waals surface area contributed by atoms with Crippen LogP contribution < -0.4 is 37.8 Å². The molecule has 0 aliphatic heterocycles. The van der Waals surface area contributed by atoms with Gasteiger partial charge in [0.15, 0.2) is 10.0 Å². The molecule has 4 aromatic heterocycles. The lowest BCUT2D eigenvalue weighted by molar-refractivity contribution is -0.0503. The number of fused-ring (bicyclic) bond motifs is 2. The summed E-state index contributed by atoms with van der Waals surface area (Å²) in [5, 5.41) is 9.56. The number of aromatic hydroxyl groups is 1. The number of pyridine rings is 2. The van der Waals surface area contributed by atoms with Gasteiger partial charge in [-0.15, -0.1) is 3.63 Å². The molecule has 422 valence electrons. The molecule has 0 spiro atoms. The minimum Gasteiger partial charge on any atom is -0.506 e. The monoisotopic (exact) mass is 1440 g/mol. The third-order valence-electron chi connectivity index (χ3n) is 10.7. The summed E-state index contributed by atoms with van der Waals surface area (Å²) in [7, 11) is -14.5. The first-order chi connectivity index (χ1) is 35.1. The molecule has 21 nitrogen and oxygen atoms in total. The van der Waals surface area contributed by atoms with E-state index in [1.165, 1.54) is 38.2 Å². The molecule has 8 rings (SSSR count). The SMILES string of the molecule is CS(=O)(=O)OS(=O)(=O)C(F)(F)F.Cc1c(O)c2c(=O)n(C3CC3)c(=O)n(-c3ccc(I)cc3F)c2n(C)c1=O.Cc1c(OS(=O)(=O)C(F)(F)F)c2c(=O)n(C3CC3)c(=O)n(-c3ccc(I)cc3F)c2n(C)c1=O.ClC(Cl)Cl. The van der Waals surface area contributed by atoms with Crippen molar-refractivity contribution in [1.29, 1.82) is 0 Å². The molecular formula is C40H33Cl3F8I2N6O15S3. The van der Waals surface area contributed by atoms with Crippen LogP contribution in [0.5, 0.6) is 11.5 Å². The van der Waals surface area contributed by atoms with E-state index in [0.29, 0.717) is 42.0 Å². The maximum Gasteiger partial charge on any atom is 0.534 e. The highest BCUT2D eigenvalue weighted by Crippen LogP contribution is 2.37. The molecule has 77 heavy (non-hydrogen) atoms. The number of alkyl halides is 9. The summed E-state index contributed by atoms with van der Waals surface area (Å²) in [6.45, 7) is 2.38. The standard InChI is InChI=1S/C19H14F4IN3O6S.C18H15FIN3O4.C2H3F3O5S2.CHCl3/c1-8-14(33-34(31,32)19(21,22)23)13-15(25(2)16(8)28)27(12-6-3-9(24)7-11(12)20)18(30)26(17(13)29)10-4-5-10;1-8-14(24)13-15(21(2)16(8)25)23(12-6-3-9(20)7-11(12)19)18(27)22(17(13)26)10-4-5-10;1-11(6,7)10-12(8,9)2(3,4)5;2-1(3)4/h3,6-7,10H,4-5H2,1-2H3;3,6-7,10,24H,4-5H2,1-2H3;1H3;1H. The molecule has 2 aromatic carbocycles. The molecule has 37 heteroatoms. The van der Waals surface area contributed by atoms with Crippen LogP contribution in [0.3, 0.4) is 0 Å². The normalized spacial score (nSPS) is 14.1. The lowest BCUT2D eigenvalue weighted by Crippen LogP contribution is -2.42. The van der Waals surface area contributed by atoms with Crippen molar-refractivity contribution in [2.24, 2.45) is 14.1 Å². The summed E-state index contributed by atoms with van der Waals surface area (Å²) in [4.78, 5) is 78.0. The fourth-order valence-corrected chi connectivity index (χ4v) is 10.1. The molecule has 4 heterocycles. The van der Waals surface area contributed by atoms with Crippen LogP contribution in [0.2, 0.25) is 0 Å². The van der Waals surface area contributed by atoms with Gasteiger partial charge in [-0.05, 0) is 121 Å². The third kappa shape index (κ3) is 13.4. The first-order valence-electron chi connectivity index (χ1n) is 20.7. The predicted molar refractivity (Wildman–Crippen MR) is 279 cm³/mol.